The van der Waals surface area contributed by atoms with Crippen LogP contribution in [0.1, 0.15) is 30.8 Å². The highest BCUT2D eigenvalue weighted by Gasteiger charge is 2.12. The van der Waals surface area contributed by atoms with Crippen LogP contribution in [0.2, 0.25) is 5.02 Å². The largest absolute Gasteiger partial charge is 0.384 e. The van der Waals surface area contributed by atoms with Gasteiger partial charge in [0.15, 0.2) is 0 Å². The number of aromatic nitrogens is 1. The van der Waals surface area contributed by atoms with Crippen LogP contribution in [0.25, 0.3) is 0 Å². The van der Waals surface area contributed by atoms with Crippen LogP contribution in [-0.4, -0.2) is 42.0 Å². The van der Waals surface area contributed by atoms with Crippen LogP contribution < -0.4 is 11.1 Å². The normalized spacial score (nSPS) is 10.7. The molecule has 0 aliphatic rings. The Morgan fingerprint density at radius 2 is 2.16 bits per heavy atom. The van der Waals surface area contributed by atoms with Gasteiger partial charge in [0.25, 0.3) is 5.91 Å². The standard InChI is InChI=1S/C13H21ClN4O/c1-3-8-18(4-2)9-7-16-13(19)12-10(14)5-6-11(15)17-12/h5-6H,3-4,7-9H2,1-2H3,(H2,15,17)(H,16,19). The summed E-state index contributed by atoms with van der Waals surface area (Å²) in [5, 5.41) is 3.12. The molecule has 3 N–H and O–H groups in total. The van der Waals surface area contributed by atoms with Crippen LogP contribution in [0.5, 0.6) is 0 Å². The third-order valence-electron chi connectivity index (χ3n) is 2.78. The first-order valence-electron chi connectivity index (χ1n) is 6.51. The Hall–Kier alpha value is -1.33. The number of halogens is 1. The van der Waals surface area contributed by atoms with Gasteiger partial charge in [-0.15, -0.1) is 0 Å². The lowest BCUT2D eigenvalue weighted by Gasteiger charge is -2.19. The number of nitrogen functional groups attached to an aromatic ring is 1. The van der Waals surface area contributed by atoms with Crippen molar-refractivity contribution in [2.75, 3.05) is 31.9 Å². The third-order valence-corrected chi connectivity index (χ3v) is 3.09. The summed E-state index contributed by atoms with van der Waals surface area (Å²) in [6.45, 7) is 7.63. The highest BCUT2D eigenvalue weighted by Crippen LogP contribution is 2.14. The number of carbonyl (C=O) groups excluding carboxylic acids is 1. The molecular weight excluding hydrogens is 264 g/mol. The molecular formula is C13H21ClN4O. The van der Waals surface area contributed by atoms with Crippen molar-refractivity contribution in [3.63, 3.8) is 0 Å². The molecule has 1 aromatic rings. The van der Waals surface area contributed by atoms with Gasteiger partial charge in [-0.1, -0.05) is 25.4 Å². The smallest absolute Gasteiger partial charge is 0.271 e. The summed E-state index contributed by atoms with van der Waals surface area (Å²) in [7, 11) is 0. The molecule has 0 unspecified atom stereocenters. The first kappa shape index (κ1) is 15.7. The van der Waals surface area contributed by atoms with E-state index >= 15 is 0 Å². The molecule has 0 atom stereocenters. The lowest BCUT2D eigenvalue weighted by molar-refractivity contribution is 0.0944. The quantitative estimate of drug-likeness (QED) is 0.801. The Labute approximate surface area is 119 Å². The zero-order valence-electron chi connectivity index (χ0n) is 11.4. The van der Waals surface area contributed by atoms with Crippen LogP contribution >= 0.6 is 11.6 Å². The molecule has 6 heteroatoms. The second kappa shape index (κ2) is 7.96. The van der Waals surface area contributed by atoms with Crippen LogP contribution in [0.3, 0.4) is 0 Å². The maximum Gasteiger partial charge on any atom is 0.271 e. The second-order valence-electron chi connectivity index (χ2n) is 4.26. The summed E-state index contributed by atoms with van der Waals surface area (Å²) in [4.78, 5) is 18.1. The van der Waals surface area contributed by atoms with Crippen molar-refractivity contribution in [1.29, 1.82) is 0 Å². The highest BCUT2D eigenvalue weighted by molar-refractivity contribution is 6.33. The number of likely N-dealkylation sites (N-methyl/N-ethyl adjacent to an activating group) is 1. The molecule has 0 fully saturated rings. The van der Waals surface area contributed by atoms with Gasteiger partial charge in [-0.05, 0) is 31.6 Å². The van der Waals surface area contributed by atoms with Gasteiger partial charge in [0, 0.05) is 13.1 Å². The van der Waals surface area contributed by atoms with Gasteiger partial charge < -0.3 is 16.0 Å². The Bertz CT molecular complexity index is 425. The van der Waals surface area contributed by atoms with Crippen LogP contribution in [0.4, 0.5) is 5.82 Å². The van der Waals surface area contributed by atoms with E-state index in [1.807, 2.05) is 0 Å². The van der Waals surface area contributed by atoms with Gasteiger partial charge in [0.05, 0.1) is 5.02 Å². The van der Waals surface area contributed by atoms with Crippen molar-refractivity contribution in [3.8, 4) is 0 Å². The number of anilines is 1. The van der Waals surface area contributed by atoms with Crippen LogP contribution in [0, 0.1) is 0 Å². The van der Waals surface area contributed by atoms with Gasteiger partial charge in [0.1, 0.15) is 11.5 Å². The number of carbonyl (C=O) groups is 1. The summed E-state index contributed by atoms with van der Waals surface area (Å²) >= 11 is 5.92. The van der Waals surface area contributed by atoms with Crippen molar-refractivity contribution in [3.05, 3.63) is 22.8 Å². The van der Waals surface area contributed by atoms with Crippen LogP contribution in [0.15, 0.2) is 12.1 Å². The van der Waals surface area contributed by atoms with Gasteiger partial charge in [-0.25, -0.2) is 4.98 Å². The van der Waals surface area contributed by atoms with Gasteiger partial charge in [0.2, 0.25) is 0 Å². The van der Waals surface area contributed by atoms with E-state index in [0.717, 1.165) is 26.1 Å². The fourth-order valence-electron chi connectivity index (χ4n) is 1.77. The average Bonchev–Trinajstić information content (AvgIpc) is 2.40. The summed E-state index contributed by atoms with van der Waals surface area (Å²) < 4.78 is 0. The summed E-state index contributed by atoms with van der Waals surface area (Å²) in [6, 6.07) is 3.15. The van der Waals surface area contributed by atoms with Crippen molar-refractivity contribution in [2.24, 2.45) is 0 Å². The monoisotopic (exact) mass is 284 g/mol. The zero-order chi connectivity index (χ0) is 14.3. The predicted molar refractivity (Wildman–Crippen MR) is 78.4 cm³/mol. The molecule has 0 saturated carbocycles. The van der Waals surface area contributed by atoms with Crippen molar-refractivity contribution in [2.45, 2.75) is 20.3 Å². The number of nitrogens with zero attached hydrogens (tertiary/aromatic N) is 2. The van der Waals surface area contributed by atoms with Crippen LogP contribution in [-0.2, 0) is 0 Å². The van der Waals surface area contributed by atoms with E-state index in [2.05, 4.69) is 29.0 Å². The molecule has 0 bridgehead atoms. The molecule has 1 rings (SSSR count). The van der Waals surface area contributed by atoms with E-state index in [4.69, 9.17) is 17.3 Å². The minimum Gasteiger partial charge on any atom is -0.384 e. The van der Waals surface area contributed by atoms with Gasteiger partial charge in [-0.2, -0.15) is 0 Å². The Morgan fingerprint density at radius 3 is 2.79 bits per heavy atom. The zero-order valence-corrected chi connectivity index (χ0v) is 12.2. The summed E-state index contributed by atoms with van der Waals surface area (Å²) in [5.41, 5.74) is 5.73. The van der Waals surface area contributed by atoms with Crippen molar-refractivity contribution in [1.82, 2.24) is 15.2 Å². The Kier molecular flexibility index (Phi) is 6.59. The molecule has 1 heterocycles. The minimum atomic E-state index is -0.287. The topological polar surface area (TPSA) is 71.2 Å². The maximum atomic E-state index is 11.9. The predicted octanol–water partition coefficient (Wildman–Crippen LogP) is 1.78. The van der Waals surface area contributed by atoms with E-state index in [0.29, 0.717) is 11.6 Å². The van der Waals surface area contributed by atoms with Gasteiger partial charge >= 0.3 is 0 Å². The Balaban J connectivity index is 2.49. The fraction of sp³-hybridized carbons (Fsp3) is 0.538. The van der Waals surface area contributed by atoms with Crippen molar-refractivity contribution < 1.29 is 4.79 Å². The molecule has 0 radical (unpaired) electrons. The molecule has 0 saturated heterocycles. The fourth-order valence-corrected chi connectivity index (χ4v) is 1.96. The van der Waals surface area contributed by atoms with E-state index < -0.39 is 0 Å². The lowest BCUT2D eigenvalue weighted by Crippen LogP contribution is -2.35. The molecule has 19 heavy (non-hydrogen) atoms. The van der Waals surface area contributed by atoms with E-state index in [1.165, 1.54) is 0 Å². The molecule has 1 aromatic heterocycles. The first-order chi connectivity index (χ1) is 9.08. The molecule has 5 nitrogen and oxygen atoms in total. The SMILES string of the molecule is CCCN(CC)CCNC(=O)c1nc(N)ccc1Cl. The third kappa shape index (κ3) is 5.04. The average molecular weight is 285 g/mol. The molecule has 0 spiro atoms. The molecule has 0 aliphatic heterocycles. The first-order valence-corrected chi connectivity index (χ1v) is 6.88. The summed E-state index contributed by atoms with van der Waals surface area (Å²) in [5.74, 6) is 0.000527. The minimum absolute atomic E-state index is 0.181. The number of nitrogens with one attached hydrogen (secondary N) is 1. The number of hydrogen-bond acceptors (Lipinski definition) is 4. The molecule has 0 aliphatic carbocycles. The Morgan fingerprint density at radius 1 is 1.42 bits per heavy atom. The number of pyridine rings is 1. The maximum absolute atomic E-state index is 11.9. The number of amides is 1. The molecule has 1 amide bonds. The summed E-state index contributed by atoms with van der Waals surface area (Å²) in [6.07, 6.45) is 1.10. The number of rotatable bonds is 7. The van der Waals surface area contributed by atoms with Crippen molar-refractivity contribution >= 4 is 23.3 Å². The van der Waals surface area contributed by atoms with Gasteiger partial charge in [-0.3, -0.25) is 4.79 Å². The number of hydrogen-bond donors (Lipinski definition) is 2. The number of nitrogens with two attached hydrogens (primary N) is 1. The van der Waals surface area contributed by atoms with E-state index in [9.17, 15) is 4.79 Å². The molecule has 106 valence electrons. The molecule has 0 aromatic carbocycles. The highest BCUT2D eigenvalue weighted by atomic mass is 35.5. The second-order valence-corrected chi connectivity index (χ2v) is 4.66. The lowest BCUT2D eigenvalue weighted by atomic mass is 10.3. The van der Waals surface area contributed by atoms with E-state index in [1.54, 1.807) is 12.1 Å². The van der Waals surface area contributed by atoms with E-state index in [-0.39, 0.29) is 17.4 Å².